The standard InChI is InChI=1S/C13H11Br2N5O3.C12H9Br2N5O3.C11H7Br2N5O3.2C10H7Br2N5O/c1-2-23-12(22)9-5-4(18-13(16)20-9)3-17-11(21)8-6(5)7(14)10(15)19-8;1-22-11(21)8-4-3(17-12(15)19-8)2-16-10(20)7-5(4)6(13)9(14)18-7;12-5-4-3-2(16-11(14)18-7(3)10(20)21)1-15-9(19)6(4)17-8(5)13;11-6-5-3-1-15-10(13)16-4(3)2-14-9(18)7(5)17-8(6)12;11-5-4-6-3(2-15-10(13)17-6)1-14-9(18)7(4)16-8(5)12/h19H,2-3H2,1H3,(H,17,21)(H2,16,18,20);18H,2H2,1H3,(H,16,20)(H2,15,17,19);17H,1H2,(H,15,19)(H,20,21)(H2,14,16,18);1,17H,2H2,(H,14,18)(H2,13,15,16);2,16H,1H2,(H,14,18)(H2,13,15,17). The van der Waals surface area contributed by atoms with E-state index in [-0.39, 0.29) is 120 Å². The van der Waals surface area contributed by atoms with Gasteiger partial charge >= 0.3 is 17.9 Å². The fourth-order valence-corrected chi connectivity index (χ4v) is 15.0. The van der Waals surface area contributed by atoms with Crippen molar-refractivity contribution in [3.8, 4) is 55.8 Å². The number of aromatic nitrogens is 15. The molecule has 0 fully saturated rings. The van der Waals surface area contributed by atoms with Crippen molar-refractivity contribution in [3.05, 3.63) is 132 Å². The molecule has 10 aromatic heterocycles. The van der Waals surface area contributed by atoms with Gasteiger partial charge < -0.3 is 94.8 Å². The van der Waals surface area contributed by atoms with Gasteiger partial charge in [-0.25, -0.2) is 64.2 Å². The maximum Gasteiger partial charge on any atom is 0.357 e. The van der Waals surface area contributed by atoms with E-state index in [0.29, 0.717) is 128 Å². The highest BCUT2D eigenvalue weighted by molar-refractivity contribution is 9.14. The van der Waals surface area contributed by atoms with Crippen LogP contribution in [0.2, 0.25) is 0 Å². The molecule has 0 unspecified atom stereocenters. The Morgan fingerprint density at radius 2 is 0.735 bits per heavy atom. The largest absolute Gasteiger partial charge is 0.476 e. The molecule has 21 N–H and O–H groups in total. The van der Waals surface area contributed by atoms with Gasteiger partial charge in [-0.2, -0.15) is 0 Å². The fraction of sp³-hybridized carbons (Fsp3) is 0.143. The molecule has 102 heavy (non-hydrogen) atoms. The van der Waals surface area contributed by atoms with Crippen molar-refractivity contribution in [2.24, 2.45) is 0 Å². The number of amides is 5. The van der Waals surface area contributed by atoms with Crippen molar-refractivity contribution in [1.29, 1.82) is 0 Å². The molecule has 5 aliphatic heterocycles. The van der Waals surface area contributed by atoms with E-state index in [2.05, 4.69) is 261 Å². The molecule has 10 aromatic rings. The first-order valence-electron chi connectivity index (χ1n) is 28.4. The van der Waals surface area contributed by atoms with Gasteiger partial charge in [0.2, 0.25) is 29.7 Å². The van der Waals surface area contributed by atoms with E-state index < -0.39 is 17.9 Å². The minimum atomic E-state index is -1.25. The average molecular weight is 2040 g/mol. The summed E-state index contributed by atoms with van der Waals surface area (Å²) < 4.78 is 16.0. The second-order valence-corrected chi connectivity index (χ2v) is 28.8. The SMILES string of the molecule is CCOC(=O)c1nc(N)nc2c1-c1c([nH]c(Br)c1Br)C(=O)NC2.COC(=O)c1nc(N)nc2c1-c1c([nH]c(Br)c1Br)C(=O)NC2.Nc1nc2c(c(C(=O)O)n1)-c1c([nH]c(Br)c1Br)C(=O)NC2.Nc1ncc2c(n1)-c1c([nH]c(Br)c1Br)C(=O)NC2.Nc1ncc2c(n1)CNC(=O)c1[nH]c(Br)c(Br)c1-2. The highest BCUT2D eigenvalue weighted by atomic mass is 79.9. The van der Waals surface area contributed by atoms with Crippen LogP contribution in [0.1, 0.15) is 119 Å². The molecule has 526 valence electrons. The van der Waals surface area contributed by atoms with Crippen LogP contribution in [0.4, 0.5) is 29.7 Å². The van der Waals surface area contributed by atoms with Crippen molar-refractivity contribution < 1.29 is 52.9 Å². The van der Waals surface area contributed by atoms with Gasteiger partial charge in [0.05, 0.1) is 114 Å². The lowest BCUT2D eigenvalue weighted by atomic mass is 10.0. The lowest BCUT2D eigenvalue weighted by molar-refractivity contribution is 0.0518. The third-order valence-corrected chi connectivity index (χ3v) is 24.4. The molecular weight excluding hydrogens is 2000 g/mol. The molecule has 15 rings (SSSR count). The Bertz CT molecular complexity index is 5270. The van der Waals surface area contributed by atoms with Crippen LogP contribution in [-0.4, -0.2) is 141 Å². The normalized spacial score (nSPS) is 13.2. The number of carbonyl (C=O) groups excluding carboxylic acids is 7. The summed E-state index contributed by atoms with van der Waals surface area (Å²) in [5, 5.41) is 23.0. The van der Waals surface area contributed by atoms with Gasteiger partial charge in [0.1, 0.15) is 28.5 Å². The number of nitrogens with two attached hydrogens (primary N) is 5. The Kier molecular flexibility index (Phi) is 22.2. The summed E-state index contributed by atoms with van der Waals surface area (Å²) >= 11 is 33.6. The third-order valence-electron chi connectivity index (χ3n) is 14.8. The van der Waals surface area contributed by atoms with Gasteiger partial charge in [-0.05, 0) is 166 Å². The summed E-state index contributed by atoms with van der Waals surface area (Å²) in [6, 6.07) is 0. The molecule has 0 saturated heterocycles. The number of carboxylic acids is 1. The van der Waals surface area contributed by atoms with E-state index in [9.17, 15) is 43.5 Å². The number of ether oxygens (including phenoxy) is 2. The number of nitrogens with zero attached hydrogens (tertiary/aromatic N) is 10. The average Bonchev–Trinajstić information content (AvgIpc) is 1.58. The number of nitrogens with one attached hydrogen (secondary N) is 10. The summed E-state index contributed by atoms with van der Waals surface area (Å²) in [5.41, 5.74) is 37.7. The minimum absolute atomic E-state index is 0.00921. The van der Waals surface area contributed by atoms with E-state index in [1.165, 1.54) is 7.11 Å². The maximum atomic E-state index is 12.3. The molecule has 0 spiro atoms. The molecule has 5 aliphatic rings. The first-order valence-corrected chi connectivity index (χ1v) is 36.3. The highest BCUT2D eigenvalue weighted by Gasteiger charge is 2.37. The number of halogens is 10. The monoisotopic (exact) mass is 2030 g/mol. The van der Waals surface area contributed by atoms with Crippen LogP contribution in [0.15, 0.2) is 57.8 Å². The number of aromatic carboxylic acids is 1. The number of esters is 2. The van der Waals surface area contributed by atoms with Gasteiger partial charge in [-0.1, -0.05) is 0 Å². The highest BCUT2D eigenvalue weighted by Crippen LogP contribution is 2.46. The number of fused-ring (bicyclic) bond motifs is 15. The second kappa shape index (κ2) is 30.4. The topological polar surface area (TPSA) is 573 Å². The summed E-state index contributed by atoms with van der Waals surface area (Å²) in [6.07, 6.45) is 3.25. The van der Waals surface area contributed by atoms with Gasteiger partial charge in [0, 0.05) is 74.6 Å². The summed E-state index contributed by atoms with van der Waals surface area (Å²) in [4.78, 5) is 151. The van der Waals surface area contributed by atoms with E-state index in [1.807, 2.05) is 0 Å². The van der Waals surface area contributed by atoms with E-state index >= 15 is 0 Å². The molecule has 0 radical (unpaired) electrons. The third kappa shape index (κ3) is 14.4. The Balaban J connectivity index is 0.000000128. The number of hydrogen-bond acceptors (Lipinski definition) is 25. The van der Waals surface area contributed by atoms with Crippen LogP contribution < -0.4 is 55.3 Å². The van der Waals surface area contributed by atoms with E-state index in [1.54, 1.807) is 19.3 Å². The number of nitrogen functional groups attached to an aromatic ring is 5. The smallest absolute Gasteiger partial charge is 0.357 e. The fourth-order valence-electron chi connectivity index (χ4n) is 10.6. The molecule has 0 bridgehead atoms. The van der Waals surface area contributed by atoms with Crippen LogP contribution in [0.5, 0.6) is 0 Å². The number of hydrogen-bond donors (Lipinski definition) is 16. The van der Waals surface area contributed by atoms with Gasteiger partial charge in [-0.3, -0.25) is 24.0 Å². The number of carbonyl (C=O) groups is 8. The van der Waals surface area contributed by atoms with E-state index in [4.69, 9.17) is 38.1 Å². The van der Waals surface area contributed by atoms with Crippen LogP contribution in [-0.2, 0) is 42.2 Å². The molecule has 15 heterocycles. The van der Waals surface area contributed by atoms with Gasteiger partial charge in [0.25, 0.3) is 29.5 Å². The summed E-state index contributed by atoms with van der Waals surface area (Å²) in [6.45, 7) is 2.90. The zero-order valence-corrected chi connectivity index (χ0v) is 66.9. The predicted octanol–water partition coefficient (Wildman–Crippen LogP) is 8.77. The number of anilines is 5. The first-order chi connectivity index (χ1) is 48.4. The van der Waals surface area contributed by atoms with Crippen LogP contribution >= 0.6 is 159 Å². The number of H-pyrrole nitrogens is 5. The van der Waals surface area contributed by atoms with E-state index in [0.717, 1.165) is 25.6 Å². The number of rotatable bonds is 4. The number of methoxy groups -OCH3 is 1. The summed E-state index contributed by atoms with van der Waals surface area (Å²) in [5.74, 6) is -3.83. The first kappa shape index (κ1) is 74.5. The van der Waals surface area contributed by atoms with Crippen molar-refractivity contribution in [1.82, 2.24) is 101 Å². The molecule has 36 nitrogen and oxygen atoms in total. The zero-order chi connectivity index (χ0) is 73.8. The Labute approximate surface area is 653 Å². The lowest BCUT2D eigenvalue weighted by Crippen LogP contribution is -2.22. The van der Waals surface area contributed by atoms with Crippen molar-refractivity contribution in [2.75, 3.05) is 42.4 Å². The number of aromatic amines is 5. The number of carboxylic acid groups (broad SMARTS) is 1. The minimum Gasteiger partial charge on any atom is -0.476 e. The Hall–Kier alpha value is -8.64. The van der Waals surface area contributed by atoms with Crippen LogP contribution in [0.3, 0.4) is 0 Å². The molecule has 0 aliphatic carbocycles. The molecule has 0 atom stereocenters. The molecule has 5 amide bonds. The Morgan fingerprint density at radius 3 is 1.15 bits per heavy atom. The van der Waals surface area contributed by atoms with Crippen molar-refractivity contribution in [2.45, 2.75) is 39.6 Å². The molecule has 0 saturated carbocycles. The Morgan fingerprint density at radius 1 is 0.412 bits per heavy atom. The van der Waals surface area contributed by atoms with Crippen molar-refractivity contribution >= 4 is 236 Å². The van der Waals surface area contributed by atoms with Crippen LogP contribution in [0, 0.1) is 0 Å². The quantitative estimate of drug-likeness (QED) is 0.0732. The van der Waals surface area contributed by atoms with Gasteiger partial charge in [0.15, 0.2) is 17.1 Å². The molecular formula is C56H41Br10N25O11. The molecule has 0 aromatic carbocycles. The molecule has 46 heteroatoms. The maximum absolute atomic E-state index is 12.3. The van der Waals surface area contributed by atoms with Gasteiger partial charge in [-0.15, -0.1) is 0 Å². The zero-order valence-electron chi connectivity index (χ0n) is 51.1. The lowest BCUT2D eigenvalue weighted by Gasteiger charge is -2.11. The predicted molar refractivity (Wildman–Crippen MR) is 398 cm³/mol. The van der Waals surface area contributed by atoms with Crippen molar-refractivity contribution in [3.63, 3.8) is 0 Å². The summed E-state index contributed by atoms with van der Waals surface area (Å²) in [7, 11) is 1.25. The second-order valence-electron chi connectivity index (χ2n) is 20.9. The van der Waals surface area contributed by atoms with Crippen LogP contribution in [0.25, 0.3) is 55.8 Å².